The Hall–Kier alpha value is -0.730. The van der Waals surface area contributed by atoms with Gasteiger partial charge >= 0.3 is 0 Å². The van der Waals surface area contributed by atoms with Gasteiger partial charge in [-0.3, -0.25) is 0 Å². The average Bonchev–Trinajstić information content (AvgIpc) is 2.16. The van der Waals surface area contributed by atoms with E-state index in [2.05, 4.69) is 12.1 Å². The molecule has 0 spiro atoms. The highest BCUT2D eigenvalue weighted by molar-refractivity contribution is 5.85. The molecule has 1 aromatic rings. The van der Waals surface area contributed by atoms with Gasteiger partial charge in [-0.05, 0) is 43.4 Å². The quantitative estimate of drug-likeness (QED) is 0.878. The minimum atomic E-state index is 0. The summed E-state index contributed by atoms with van der Waals surface area (Å²) < 4.78 is 5.40. The zero-order valence-corrected chi connectivity index (χ0v) is 10.5. The molecule has 1 aromatic carbocycles. The molecule has 1 aliphatic rings. The molecule has 2 rings (SSSR count). The van der Waals surface area contributed by atoms with Crippen LogP contribution in [0.3, 0.4) is 0 Å². The lowest BCUT2D eigenvalue weighted by molar-refractivity contribution is 0.264. The van der Waals surface area contributed by atoms with E-state index in [1.165, 1.54) is 24.8 Å². The van der Waals surface area contributed by atoms with Gasteiger partial charge in [0.25, 0.3) is 0 Å². The topological polar surface area (TPSA) is 35.2 Å². The van der Waals surface area contributed by atoms with Crippen LogP contribution < -0.4 is 10.5 Å². The lowest BCUT2D eigenvalue weighted by Crippen LogP contribution is -2.26. The van der Waals surface area contributed by atoms with E-state index in [1.54, 1.807) is 0 Å². The summed E-state index contributed by atoms with van der Waals surface area (Å²) in [6.45, 7) is 2.71. The number of hydrogen-bond acceptors (Lipinski definition) is 2. The number of nitrogens with two attached hydrogens (primary N) is 1. The molecule has 0 heterocycles. The number of rotatable bonds is 4. The zero-order valence-electron chi connectivity index (χ0n) is 9.69. The van der Waals surface area contributed by atoms with Crippen LogP contribution >= 0.6 is 12.4 Å². The normalized spacial score (nSPS) is 17.1. The Balaban J connectivity index is 0.00000128. The van der Waals surface area contributed by atoms with Gasteiger partial charge in [-0.25, -0.2) is 0 Å². The van der Waals surface area contributed by atoms with Gasteiger partial charge in [-0.1, -0.05) is 18.6 Å². The summed E-state index contributed by atoms with van der Waals surface area (Å²) in [6.07, 6.45) is 3.91. The second kappa shape index (κ2) is 6.12. The van der Waals surface area contributed by atoms with Gasteiger partial charge in [0.1, 0.15) is 5.75 Å². The smallest absolute Gasteiger partial charge is 0.119 e. The maximum atomic E-state index is 6.18. The molecule has 0 aliphatic heterocycles. The Morgan fingerprint density at radius 2 is 1.94 bits per heavy atom. The number of ether oxygens (including phenoxy) is 1. The highest BCUT2D eigenvalue weighted by atomic mass is 35.5. The monoisotopic (exact) mass is 241 g/mol. The van der Waals surface area contributed by atoms with Crippen molar-refractivity contribution in [2.45, 2.75) is 32.2 Å². The van der Waals surface area contributed by atoms with Crippen molar-refractivity contribution >= 4 is 12.4 Å². The van der Waals surface area contributed by atoms with Crippen LogP contribution in [0.4, 0.5) is 0 Å². The predicted octanol–water partition coefficient (Wildman–Crippen LogP) is 3.31. The molecule has 1 unspecified atom stereocenters. The Bertz CT molecular complexity index is 308. The fourth-order valence-corrected chi connectivity index (χ4v) is 2.02. The molecule has 0 saturated heterocycles. The van der Waals surface area contributed by atoms with Crippen LogP contribution in [-0.2, 0) is 0 Å². The molecule has 1 fully saturated rings. The maximum absolute atomic E-state index is 6.18. The third kappa shape index (κ3) is 2.89. The Morgan fingerprint density at radius 3 is 2.38 bits per heavy atom. The van der Waals surface area contributed by atoms with Crippen LogP contribution in [0, 0.1) is 5.92 Å². The van der Waals surface area contributed by atoms with Crippen molar-refractivity contribution in [2.24, 2.45) is 11.7 Å². The summed E-state index contributed by atoms with van der Waals surface area (Å²) in [5.74, 6) is 1.63. The van der Waals surface area contributed by atoms with E-state index in [4.69, 9.17) is 10.5 Å². The van der Waals surface area contributed by atoms with E-state index in [1.807, 2.05) is 19.1 Å². The van der Waals surface area contributed by atoms with Gasteiger partial charge in [0.2, 0.25) is 0 Å². The van der Waals surface area contributed by atoms with Crippen molar-refractivity contribution in [1.82, 2.24) is 0 Å². The van der Waals surface area contributed by atoms with Gasteiger partial charge in [-0.2, -0.15) is 0 Å². The largest absolute Gasteiger partial charge is 0.494 e. The fraction of sp³-hybridized carbons (Fsp3) is 0.538. The molecular weight excluding hydrogens is 222 g/mol. The Labute approximate surface area is 104 Å². The van der Waals surface area contributed by atoms with E-state index in [9.17, 15) is 0 Å². The van der Waals surface area contributed by atoms with Crippen molar-refractivity contribution < 1.29 is 4.74 Å². The van der Waals surface area contributed by atoms with Gasteiger partial charge in [0.15, 0.2) is 0 Å². The summed E-state index contributed by atoms with van der Waals surface area (Å²) in [5.41, 5.74) is 7.42. The van der Waals surface area contributed by atoms with E-state index in [0.29, 0.717) is 12.5 Å². The Morgan fingerprint density at radius 1 is 1.31 bits per heavy atom. The first kappa shape index (κ1) is 13.3. The first-order chi connectivity index (χ1) is 7.31. The lowest BCUT2D eigenvalue weighted by Gasteiger charge is -2.31. The molecule has 0 amide bonds. The lowest BCUT2D eigenvalue weighted by atomic mass is 9.78. The average molecular weight is 242 g/mol. The first-order valence-corrected chi connectivity index (χ1v) is 5.79. The molecule has 1 atom stereocenters. The van der Waals surface area contributed by atoms with E-state index < -0.39 is 0 Å². The summed E-state index contributed by atoms with van der Waals surface area (Å²) in [6, 6.07) is 8.42. The second-order valence-corrected chi connectivity index (χ2v) is 4.22. The van der Waals surface area contributed by atoms with Crippen LogP contribution in [0.1, 0.15) is 37.8 Å². The molecule has 90 valence electrons. The summed E-state index contributed by atoms with van der Waals surface area (Å²) in [4.78, 5) is 0. The van der Waals surface area contributed by atoms with Crippen molar-refractivity contribution in [2.75, 3.05) is 6.61 Å². The maximum Gasteiger partial charge on any atom is 0.119 e. The zero-order chi connectivity index (χ0) is 10.7. The second-order valence-electron chi connectivity index (χ2n) is 4.22. The van der Waals surface area contributed by atoms with Crippen LogP contribution in [0.25, 0.3) is 0 Å². The summed E-state index contributed by atoms with van der Waals surface area (Å²) >= 11 is 0. The highest BCUT2D eigenvalue weighted by Gasteiger charge is 2.25. The standard InChI is InChI=1S/C13H19NO.ClH/c1-2-15-12-8-6-11(7-9-12)13(14)10-4-3-5-10;/h6-10,13H,2-5,14H2,1H3;1H. The van der Waals surface area contributed by atoms with Crippen molar-refractivity contribution in [1.29, 1.82) is 0 Å². The van der Waals surface area contributed by atoms with E-state index in [0.717, 1.165) is 5.75 Å². The minimum Gasteiger partial charge on any atom is -0.494 e. The third-order valence-corrected chi connectivity index (χ3v) is 3.23. The predicted molar refractivity (Wildman–Crippen MR) is 69.1 cm³/mol. The molecule has 1 aliphatic carbocycles. The van der Waals surface area contributed by atoms with E-state index in [-0.39, 0.29) is 18.4 Å². The fourth-order valence-electron chi connectivity index (χ4n) is 2.02. The molecule has 3 heteroatoms. The van der Waals surface area contributed by atoms with Gasteiger partial charge in [0.05, 0.1) is 6.61 Å². The molecular formula is C13H20ClNO. The van der Waals surface area contributed by atoms with Crippen LogP contribution in [0.15, 0.2) is 24.3 Å². The SMILES string of the molecule is CCOc1ccc(C(N)C2CCC2)cc1.Cl. The van der Waals surface area contributed by atoms with Crippen LogP contribution in [-0.4, -0.2) is 6.61 Å². The summed E-state index contributed by atoms with van der Waals surface area (Å²) in [7, 11) is 0. The van der Waals surface area contributed by atoms with Gasteiger partial charge in [0, 0.05) is 6.04 Å². The summed E-state index contributed by atoms with van der Waals surface area (Å²) in [5, 5.41) is 0. The molecule has 2 nitrogen and oxygen atoms in total. The molecule has 1 saturated carbocycles. The van der Waals surface area contributed by atoms with Gasteiger partial charge < -0.3 is 10.5 Å². The Kier molecular flexibility index (Phi) is 5.10. The molecule has 0 bridgehead atoms. The van der Waals surface area contributed by atoms with Gasteiger partial charge in [-0.15, -0.1) is 12.4 Å². The minimum absolute atomic E-state index is 0. The van der Waals surface area contributed by atoms with Crippen LogP contribution in [0.5, 0.6) is 5.75 Å². The number of halogens is 1. The molecule has 16 heavy (non-hydrogen) atoms. The highest BCUT2D eigenvalue weighted by Crippen LogP contribution is 2.36. The first-order valence-electron chi connectivity index (χ1n) is 5.79. The van der Waals surface area contributed by atoms with E-state index >= 15 is 0 Å². The van der Waals surface area contributed by atoms with Crippen molar-refractivity contribution in [3.8, 4) is 5.75 Å². The van der Waals surface area contributed by atoms with Crippen molar-refractivity contribution in [3.05, 3.63) is 29.8 Å². The third-order valence-electron chi connectivity index (χ3n) is 3.23. The molecule has 2 N–H and O–H groups in total. The van der Waals surface area contributed by atoms with Crippen molar-refractivity contribution in [3.63, 3.8) is 0 Å². The number of hydrogen-bond donors (Lipinski definition) is 1. The van der Waals surface area contributed by atoms with Crippen LogP contribution in [0.2, 0.25) is 0 Å². The molecule has 0 radical (unpaired) electrons. The molecule has 0 aromatic heterocycles. The number of benzene rings is 1.